The Labute approximate surface area is 136 Å². The lowest BCUT2D eigenvalue weighted by atomic mass is 10.1. The Hall–Kier alpha value is -2.44. The van der Waals surface area contributed by atoms with Crippen LogP contribution in [-0.2, 0) is 9.53 Å². The fraction of sp³-hybridized carbons (Fsp3) is 0.500. The second kappa shape index (κ2) is 8.87. The topological polar surface area (TPSA) is 74.3 Å². The van der Waals surface area contributed by atoms with Gasteiger partial charge in [-0.25, -0.2) is 0 Å². The van der Waals surface area contributed by atoms with Crippen molar-refractivity contribution in [1.29, 1.82) is 0 Å². The van der Waals surface area contributed by atoms with Crippen molar-refractivity contribution >= 4 is 11.9 Å². The summed E-state index contributed by atoms with van der Waals surface area (Å²) >= 11 is 0. The second-order valence-corrected chi connectivity index (χ2v) is 4.70. The van der Waals surface area contributed by atoms with Gasteiger partial charge >= 0.3 is 5.97 Å². The Morgan fingerprint density at radius 2 is 1.61 bits per heavy atom. The van der Waals surface area contributed by atoms with Crippen LogP contribution in [0.25, 0.3) is 0 Å². The lowest BCUT2D eigenvalue weighted by molar-refractivity contribution is -0.143. The van der Waals surface area contributed by atoms with E-state index in [9.17, 15) is 9.59 Å². The summed E-state index contributed by atoms with van der Waals surface area (Å²) in [7, 11) is 6.07. The molecule has 0 aliphatic carbocycles. The monoisotopic (exact) mass is 325 g/mol. The van der Waals surface area contributed by atoms with Crippen LogP contribution in [0.3, 0.4) is 0 Å². The predicted molar refractivity (Wildman–Crippen MR) is 84.3 cm³/mol. The summed E-state index contributed by atoms with van der Waals surface area (Å²) in [6.07, 6.45) is 0.139. The van der Waals surface area contributed by atoms with Crippen LogP contribution in [0.4, 0.5) is 0 Å². The maximum Gasteiger partial charge on any atom is 0.307 e. The molecule has 0 bridgehead atoms. The molecule has 7 nitrogen and oxygen atoms in total. The molecule has 0 N–H and O–H groups in total. The summed E-state index contributed by atoms with van der Waals surface area (Å²) in [4.78, 5) is 25.3. The first-order valence-electron chi connectivity index (χ1n) is 7.19. The number of esters is 1. The minimum Gasteiger partial charge on any atom is -0.493 e. The number of hydrogen-bond acceptors (Lipinski definition) is 6. The number of rotatable bonds is 8. The Bertz CT molecular complexity index is 532. The van der Waals surface area contributed by atoms with Gasteiger partial charge < -0.3 is 23.8 Å². The maximum absolute atomic E-state index is 12.5. The van der Waals surface area contributed by atoms with Gasteiger partial charge in [0, 0.05) is 19.2 Å². The Morgan fingerprint density at radius 3 is 2.04 bits per heavy atom. The van der Waals surface area contributed by atoms with Gasteiger partial charge in [-0.15, -0.1) is 0 Å². The Morgan fingerprint density at radius 1 is 1.04 bits per heavy atom. The van der Waals surface area contributed by atoms with Gasteiger partial charge in [0.15, 0.2) is 11.5 Å². The quantitative estimate of drug-likeness (QED) is 0.678. The third kappa shape index (κ3) is 4.77. The van der Waals surface area contributed by atoms with Gasteiger partial charge in [0.2, 0.25) is 5.75 Å². The average Bonchev–Trinajstić information content (AvgIpc) is 2.57. The smallest absolute Gasteiger partial charge is 0.307 e. The lowest BCUT2D eigenvalue weighted by Gasteiger charge is -2.19. The summed E-state index contributed by atoms with van der Waals surface area (Å²) in [6.45, 7) is 2.32. The van der Waals surface area contributed by atoms with E-state index in [1.807, 2.05) is 0 Å². The molecule has 0 aliphatic heterocycles. The molecule has 0 fully saturated rings. The molecule has 0 unspecified atom stereocenters. The van der Waals surface area contributed by atoms with Crippen LogP contribution in [0.2, 0.25) is 0 Å². The van der Waals surface area contributed by atoms with Crippen molar-refractivity contribution < 1.29 is 28.5 Å². The van der Waals surface area contributed by atoms with Gasteiger partial charge in [-0.2, -0.15) is 0 Å². The summed E-state index contributed by atoms with van der Waals surface area (Å²) in [5.41, 5.74) is 0.380. The maximum atomic E-state index is 12.5. The van der Waals surface area contributed by atoms with Crippen molar-refractivity contribution in [3.05, 3.63) is 17.7 Å². The number of ether oxygens (including phenoxy) is 4. The van der Waals surface area contributed by atoms with Crippen molar-refractivity contribution in [2.24, 2.45) is 0 Å². The molecule has 1 amide bonds. The van der Waals surface area contributed by atoms with Gasteiger partial charge in [0.1, 0.15) is 0 Å². The minimum absolute atomic E-state index is 0.139. The highest BCUT2D eigenvalue weighted by Gasteiger charge is 2.19. The molecule has 0 aliphatic rings. The third-order valence-corrected chi connectivity index (χ3v) is 3.22. The number of benzene rings is 1. The number of nitrogens with zero attached hydrogens (tertiary/aromatic N) is 1. The number of methoxy groups -OCH3 is 3. The van der Waals surface area contributed by atoms with Crippen LogP contribution >= 0.6 is 0 Å². The predicted octanol–water partition coefficient (Wildman–Crippen LogP) is 1.74. The van der Waals surface area contributed by atoms with Crippen LogP contribution in [0, 0.1) is 0 Å². The molecule has 0 spiro atoms. The molecule has 0 aromatic heterocycles. The second-order valence-electron chi connectivity index (χ2n) is 4.70. The van der Waals surface area contributed by atoms with Crippen molar-refractivity contribution in [3.8, 4) is 17.2 Å². The third-order valence-electron chi connectivity index (χ3n) is 3.22. The molecule has 1 aromatic carbocycles. The van der Waals surface area contributed by atoms with Crippen molar-refractivity contribution in [2.45, 2.75) is 13.3 Å². The van der Waals surface area contributed by atoms with Crippen molar-refractivity contribution in [1.82, 2.24) is 4.90 Å². The summed E-state index contributed by atoms with van der Waals surface area (Å²) < 4.78 is 20.5. The van der Waals surface area contributed by atoms with Gasteiger partial charge in [-0.1, -0.05) is 0 Å². The minimum atomic E-state index is -0.336. The first-order chi connectivity index (χ1) is 11.0. The normalized spacial score (nSPS) is 9.96. The number of carbonyl (C=O) groups excluding carboxylic acids is 2. The molecule has 128 valence electrons. The molecule has 0 atom stereocenters. The van der Waals surface area contributed by atoms with Gasteiger partial charge in [0.05, 0.1) is 34.4 Å². The summed E-state index contributed by atoms with van der Waals surface area (Å²) in [6, 6.07) is 3.15. The molecule has 1 aromatic rings. The Kier molecular flexibility index (Phi) is 7.18. The van der Waals surface area contributed by atoms with Crippen LogP contribution in [0.1, 0.15) is 23.7 Å². The molecule has 23 heavy (non-hydrogen) atoms. The van der Waals surface area contributed by atoms with Gasteiger partial charge in [-0.05, 0) is 19.1 Å². The Balaban J connectivity index is 2.92. The molecule has 7 heteroatoms. The zero-order valence-electron chi connectivity index (χ0n) is 14.2. The fourth-order valence-corrected chi connectivity index (χ4v) is 2.02. The van der Waals surface area contributed by atoms with Gasteiger partial charge in [0.25, 0.3) is 5.91 Å². The standard InChI is InChI=1S/C16H23NO6/c1-6-23-14(18)7-8-17(2)16(19)11-9-12(20-3)15(22-5)13(10-11)21-4/h9-10H,6-8H2,1-5H3. The highest BCUT2D eigenvalue weighted by Crippen LogP contribution is 2.38. The molecular weight excluding hydrogens is 302 g/mol. The van der Waals surface area contributed by atoms with E-state index < -0.39 is 0 Å². The number of amides is 1. The molecule has 1 rings (SSSR count). The van der Waals surface area contributed by atoms with Crippen LogP contribution in [0.5, 0.6) is 17.2 Å². The summed E-state index contributed by atoms with van der Waals surface area (Å²) in [5, 5.41) is 0. The summed E-state index contributed by atoms with van der Waals surface area (Å²) in [5.74, 6) is 0.620. The first kappa shape index (κ1) is 18.6. The SMILES string of the molecule is CCOC(=O)CCN(C)C(=O)c1cc(OC)c(OC)c(OC)c1. The lowest BCUT2D eigenvalue weighted by Crippen LogP contribution is -2.29. The molecule has 0 saturated heterocycles. The van der Waals surface area contributed by atoms with E-state index in [2.05, 4.69) is 0 Å². The molecular formula is C16H23NO6. The zero-order valence-corrected chi connectivity index (χ0v) is 14.2. The van der Waals surface area contributed by atoms with E-state index in [0.29, 0.717) is 29.4 Å². The van der Waals surface area contributed by atoms with Crippen LogP contribution < -0.4 is 14.2 Å². The molecule has 0 radical (unpaired) electrons. The highest BCUT2D eigenvalue weighted by molar-refractivity contribution is 5.95. The zero-order chi connectivity index (χ0) is 17.4. The largest absolute Gasteiger partial charge is 0.493 e. The van der Waals surface area contributed by atoms with Crippen LogP contribution in [-0.4, -0.2) is 58.3 Å². The van der Waals surface area contributed by atoms with E-state index >= 15 is 0 Å². The molecule has 0 heterocycles. The van der Waals surface area contributed by atoms with Crippen LogP contribution in [0.15, 0.2) is 12.1 Å². The number of carbonyl (C=O) groups is 2. The van der Waals surface area contributed by atoms with Gasteiger partial charge in [-0.3, -0.25) is 9.59 Å². The average molecular weight is 325 g/mol. The number of hydrogen-bond donors (Lipinski definition) is 0. The highest BCUT2D eigenvalue weighted by atomic mass is 16.5. The van der Waals surface area contributed by atoms with E-state index in [4.69, 9.17) is 18.9 Å². The van der Waals surface area contributed by atoms with E-state index in [-0.39, 0.29) is 24.8 Å². The molecule has 0 saturated carbocycles. The van der Waals surface area contributed by atoms with E-state index in [1.54, 1.807) is 26.1 Å². The van der Waals surface area contributed by atoms with Crippen molar-refractivity contribution in [2.75, 3.05) is 41.5 Å². The van der Waals surface area contributed by atoms with E-state index in [1.165, 1.54) is 26.2 Å². The van der Waals surface area contributed by atoms with E-state index in [0.717, 1.165) is 0 Å². The fourth-order valence-electron chi connectivity index (χ4n) is 2.02. The van der Waals surface area contributed by atoms with Crippen molar-refractivity contribution in [3.63, 3.8) is 0 Å². The first-order valence-corrected chi connectivity index (χ1v) is 7.19.